The molecule has 8 heteroatoms. The van der Waals surface area contributed by atoms with Crippen LogP contribution in [0, 0.1) is 11.8 Å². The van der Waals surface area contributed by atoms with Crippen LogP contribution in [0.3, 0.4) is 0 Å². The van der Waals surface area contributed by atoms with E-state index in [0.717, 1.165) is 31.2 Å². The number of nitrogens with zero attached hydrogens (tertiary/aromatic N) is 3. The molecule has 0 aromatic heterocycles. The van der Waals surface area contributed by atoms with Crippen molar-refractivity contribution in [3.63, 3.8) is 0 Å². The fraction of sp³-hybridized carbons (Fsp3) is 0.581. The molecule has 2 saturated heterocycles. The summed E-state index contributed by atoms with van der Waals surface area (Å²) >= 11 is 1.65. The van der Waals surface area contributed by atoms with Crippen molar-refractivity contribution in [1.29, 1.82) is 0 Å². The molecular weight excluding hydrogens is 510 g/mol. The van der Waals surface area contributed by atoms with Crippen LogP contribution in [-0.4, -0.2) is 85.8 Å². The highest BCUT2D eigenvalue weighted by molar-refractivity contribution is 8.02. The van der Waals surface area contributed by atoms with Gasteiger partial charge in [0, 0.05) is 44.1 Å². The second-order valence-electron chi connectivity index (χ2n) is 11.5. The molecule has 1 N–H and O–H groups in total. The maximum atomic E-state index is 14.4. The van der Waals surface area contributed by atoms with Gasteiger partial charge >= 0.3 is 0 Å². The fourth-order valence-electron chi connectivity index (χ4n) is 6.93. The maximum absolute atomic E-state index is 14.4. The molecule has 1 aromatic rings. The van der Waals surface area contributed by atoms with Crippen molar-refractivity contribution in [3.05, 3.63) is 60.2 Å². The number of benzene rings is 1. The molecule has 210 valence electrons. The third-order valence-corrected chi connectivity index (χ3v) is 10.6. The second kappa shape index (κ2) is 11.5. The predicted octanol–water partition coefficient (Wildman–Crippen LogP) is 3.63. The first kappa shape index (κ1) is 28.0. The minimum atomic E-state index is -0.790. The standard InChI is InChI=1S/C31H41N3O4S/c1-3-4-17-32-18-12-16-31-25(28(37)34(26(31)29(32)38)20-9-6-10-21-35)24-27(36)33(19-11-15-30(24,2)39-31)22-23-13-7-5-8-14-23/h5,7-8,11-16,24-26,35H,3-4,6,9-10,17-22H2,1-2H3/t24-,25+,26?,30+,31+/m1/s1. The lowest BCUT2D eigenvalue weighted by Crippen LogP contribution is -2.53. The largest absolute Gasteiger partial charge is 0.396 e. The van der Waals surface area contributed by atoms with E-state index in [-0.39, 0.29) is 24.3 Å². The van der Waals surface area contributed by atoms with Crippen LogP contribution in [0.4, 0.5) is 0 Å². The summed E-state index contributed by atoms with van der Waals surface area (Å²) in [6.45, 7) is 6.95. The number of hydrogen-bond donors (Lipinski definition) is 1. The summed E-state index contributed by atoms with van der Waals surface area (Å²) in [5.74, 6) is -1.25. The first-order chi connectivity index (χ1) is 18.9. The molecule has 5 rings (SSSR count). The van der Waals surface area contributed by atoms with Crippen LogP contribution in [0.5, 0.6) is 0 Å². The van der Waals surface area contributed by atoms with Crippen molar-refractivity contribution in [2.45, 2.75) is 68.0 Å². The van der Waals surface area contributed by atoms with Crippen molar-refractivity contribution in [2.75, 3.05) is 32.8 Å². The van der Waals surface area contributed by atoms with Crippen LogP contribution in [-0.2, 0) is 20.9 Å². The van der Waals surface area contributed by atoms with E-state index in [1.54, 1.807) is 16.7 Å². The first-order valence-corrected chi connectivity index (χ1v) is 15.3. The molecule has 4 heterocycles. The van der Waals surface area contributed by atoms with Gasteiger partial charge in [-0.1, -0.05) is 68.0 Å². The van der Waals surface area contributed by atoms with Crippen molar-refractivity contribution >= 4 is 29.5 Å². The molecule has 1 spiro atoms. The van der Waals surface area contributed by atoms with E-state index in [0.29, 0.717) is 39.1 Å². The van der Waals surface area contributed by atoms with Crippen molar-refractivity contribution in [3.8, 4) is 0 Å². The highest BCUT2D eigenvalue weighted by atomic mass is 32.2. The Kier molecular flexibility index (Phi) is 8.24. The van der Waals surface area contributed by atoms with Gasteiger partial charge in [0.2, 0.25) is 17.7 Å². The summed E-state index contributed by atoms with van der Waals surface area (Å²) in [7, 11) is 0. The van der Waals surface area contributed by atoms with Gasteiger partial charge in [0.25, 0.3) is 0 Å². The zero-order valence-corrected chi connectivity index (χ0v) is 23.9. The Morgan fingerprint density at radius 3 is 2.36 bits per heavy atom. The minimum absolute atomic E-state index is 0.00316. The summed E-state index contributed by atoms with van der Waals surface area (Å²) in [4.78, 5) is 48.5. The molecule has 4 aliphatic heterocycles. The minimum Gasteiger partial charge on any atom is -0.396 e. The lowest BCUT2D eigenvalue weighted by molar-refractivity contribution is -0.145. The molecule has 0 saturated carbocycles. The fourth-order valence-corrected chi connectivity index (χ4v) is 9.08. The molecule has 7 nitrogen and oxygen atoms in total. The van der Waals surface area contributed by atoms with E-state index in [2.05, 4.69) is 38.2 Å². The van der Waals surface area contributed by atoms with Crippen LogP contribution < -0.4 is 0 Å². The first-order valence-electron chi connectivity index (χ1n) is 14.4. The van der Waals surface area contributed by atoms with Gasteiger partial charge in [-0.15, -0.1) is 11.8 Å². The van der Waals surface area contributed by atoms with E-state index in [4.69, 9.17) is 0 Å². The third kappa shape index (κ3) is 4.95. The Morgan fingerprint density at radius 2 is 1.62 bits per heavy atom. The van der Waals surface area contributed by atoms with Crippen LogP contribution in [0.1, 0.15) is 51.5 Å². The monoisotopic (exact) mass is 551 g/mol. The molecule has 1 unspecified atom stereocenters. The number of unbranched alkanes of at least 4 members (excludes halogenated alkanes) is 3. The van der Waals surface area contributed by atoms with E-state index in [1.165, 1.54) is 0 Å². The van der Waals surface area contributed by atoms with Crippen molar-refractivity contribution in [2.24, 2.45) is 11.8 Å². The maximum Gasteiger partial charge on any atom is 0.247 e. The number of hydrogen-bond acceptors (Lipinski definition) is 5. The number of aliphatic hydroxyl groups excluding tert-OH is 1. The summed E-state index contributed by atoms with van der Waals surface area (Å²) in [5.41, 5.74) is 1.06. The van der Waals surface area contributed by atoms with Crippen LogP contribution in [0.15, 0.2) is 54.6 Å². The molecular formula is C31H41N3O4S. The smallest absolute Gasteiger partial charge is 0.247 e. The molecule has 0 radical (unpaired) electrons. The van der Waals surface area contributed by atoms with E-state index in [9.17, 15) is 19.5 Å². The van der Waals surface area contributed by atoms with Crippen LogP contribution >= 0.6 is 11.8 Å². The summed E-state index contributed by atoms with van der Waals surface area (Å²) in [6, 6.07) is 9.34. The number of fused-ring (bicyclic) bond motifs is 2. The van der Waals surface area contributed by atoms with Gasteiger partial charge in [-0.3, -0.25) is 14.4 Å². The summed E-state index contributed by atoms with van der Waals surface area (Å²) in [6.07, 6.45) is 12.4. The van der Waals surface area contributed by atoms with Crippen molar-refractivity contribution < 1.29 is 19.5 Å². The number of amides is 3. The van der Waals surface area contributed by atoms with E-state index >= 15 is 0 Å². The zero-order chi connectivity index (χ0) is 27.6. The quantitative estimate of drug-likeness (QED) is 0.355. The lowest BCUT2D eigenvalue weighted by Gasteiger charge is -2.37. The van der Waals surface area contributed by atoms with Crippen LogP contribution in [0.2, 0.25) is 0 Å². The lowest BCUT2D eigenvalue weighted by atomic mass is 9.74. The zero-order valence-electron chi connectivity index (χ0n) is 23.1. The topological polar surface area (TPSA) is 81.2 Å². The Hall–Kier alpha value is -2.58. The molecule has 0 aliphatic carbocycles. The SMILES string of the molecule is CCCCN1CC=C[C@]23S[C@@]4(C)C=CCN(Cc5ccccc5)C(=O)[C@H]4[C@H]2C(=O)N(CCCCCO)C3C1=O. The number of thioether (sulfide) groups is 1. The molecule has 2 fully saturated rings. The number of carbonyl (C=O) groups is 3. The summed E-state index contributed by atoms with van der Waals surface area (Å²) < 4.78 is -1.38. The average molecular weight is 552 g/mol. The van der Waals surface area contributed by atoms with E-state index in [1.807, 2.05) is 40.1 Å². The summed E-state index contributed by atoms with van der Waals surface area (Å²) in [5, 5.41) is 9.27. The predicted molar refractivity (Wildman–Crippen MR) is 154 cm³/mol. The Labute approximate surface area is 236 Å². The number of aliphatic hydroxyl groups is 1. The molecule has 39 heavy (non-hydrogen) atoms. The van der Waals surface area contributed by atoms with Gasteiger partial charge in [0.15, 0.2) is 0 Å². The number of carbonyl (C=O) groups excluding carboxylic acids is 3. The van der Waals surface area contributed by atoms with Gasteiger partial charge in [-0.2, -0.15) is 0 Å². The molecule has 3 amide bonds. The van der Waals surface area contributed by atoms with Gasteiger partial charge in [0.1, 0.15) is 6.04 Å². The second-order valence-corrected chi connectivity index (χ2v) is 13.3. The van der Waals surface area contributed by atoms with Gasteiger partial charge in [-0.05, 0) is 38.2 Å². The average Bonchev–Trinajstić information content (AvgIpc) is 3.20. The number of rotatable bonds is 10. The highest BCUT2D eigenvalue weighted by Crippen LogP contribution is 2.65. The highest BCUT2D eigenvalue weighted by Gasteiger charge is 2.73. The molecule has 5 atom stereocenters. The van der Waals surface area contributed by atoms with Crippen LogP contribution in [0.25, 0.3) is 0 Å². The Morgan fingerprint density at radius 1 is 0.872 bits per heavy atom. The molecule has 0 bridgehead atoms. The van der Waals surface area contributed by atoms with Gasteiger partial charge in [-0.25, -0.2) is 0 Å². The third-order valence-electron chi connectivity index (χ3n) is 8.78. The Balaban J connectivity index is 1.53. The van der Waals surface area contributed by atoms with Gasteiger partial charge < -0.3 is 19.8 Å². The Bertz CT molecular complexity index is 1140. The molecule has 4 aliphatic rings. The van der Waals surface area contributed by atoms with E-state index < -0.39 is 27.4 Å². The van der Waals surface area contributed by atoms with Crippen molar-refractivity contribution in [1.82, 2.24) is 14.7 Å². The normalized spacial score (nSPS) is 31.8. The number of likely N-dealkylation sites (tertiary alicyclic amines) is 1. The molecule has 1 aromatic carbocycles. The van der Waals surface area contributed by atoms with Gasteiger partial charge in [0.05, 0.1) is 16.6 Å².